The zero-order valence-electron chi connectivity index (χ0n) is 12.9. The van der Waals surface area contributed by atoms with E-state index in [0.29, 0.717) is 12.8 Å². The molecule has 1 amide bonds. The van der Waals surface area contributed by atoms with Crippen molar-refractivity contribution in [1.29, 1.82) is 0 Å². The quantitative estimate of drug-likeness (QED) is 0.504. The Morgan fingerprint density at radius 2 is 1.83 bits per heavy atom. The number of aliphatic carboxylic acids is 1. The summed E-state index contributed by atoms with van der Waals surface area (Å²) in [5.74, 6) is -2.89. The van der Waals surface area contributed by atoms with Crippen LogP contribution in [0, 0.1) is 22.0 Å². The minimum Gasteiger partial charge on any atom is -0.481 e. The second-order valence-electron chi connectivity index (χ2n) is 5.82. The molecule has 7 heteroatoms. The van der Waals surface area contributed by atoms with Crippen LogP contribution < -0.4 is 5.32 Å². The van der Waals surface area contributed by atoms with Crippen molar-refractivity contribution >= 4 is 23.3 Å². The number of carbonyl (C=O) groups excluding carboxylic acids is 1. The van der Waals surface area contributed by atoms with Crippen LogP contribution in [0.2, 0.25) is 0 Å². The number of nitro benzene ring substituents is 1. The molecule has 0 spiro atoms. The molecule has 7 nitrogen and oxygen atoms in total. The molecule has 2 unspecified atom stereocenters. The summed E-state index contributed by atoms with van der Waals surface area (Å²) in [6, 6.07) is 5.59. The fourth-order valence-corrected chi connectivity index (χ4v) is 2.76. The third-order valence-corrected chi connectivity index (χ3v) is 4.24. The molecule has 2 atom stereocenters. The molecule has 2 N–H and O–H groups in total. The van der Waals surface area contributed by atoms with E-state index in [2.05, 4.69) is 5.32 Å². The van der Waals surface area contributed by atoms with Crippen LogP contribution in [0.1, 0.15) is 26.7 Å². The van der Waals surface area contributed by atoms with Gasteiger partial charge in [-0.1, -0.05) is 17.2 Å². The number of rotatable bonds is 4. The smallest absolute Gasteiger partial charge is 0.307 e. The Balaban J connectivity index is 2.20. The summed E-state index contributed by atoms with van der Waals surface area (Å²) in [6.07, 6.45) is 0.720. The summed E-state index contributed by atoms with van der Waals surface area (Å²) < 4.78 is 0. The maximum absolute atomic E-state index is 12.4. The van der Waals surface area contributed by atoms with E-state index in [1.807, 2.05) is 13.8 Å². The van der Waals surface area contributed by atoms with Gasteiger partial charge in [0.15, 0.2) is 0 Å². The van der Waals surface area contributed by atoms with Crippen molar-refractivity contribution in [3.63, 3.8) is 0 Å². The first kappa shape index (κ1) is 16.7. The molecule has 0 saturated carbocycles. The third kappa shape index (κ3) is 3.74. The number of anilines is 1. The monoisotopic (exact) mass is 318 g/mol. The molecule has 0 aromatic heterocycles. The molecule has 0 aliphatic heterocycles. The van der Waals surface area contributed by atoms with E-state index in [4.69, 9.17) is 0 Å². The first-order valence-corrected chi connectivity index (χ1v) is 7.23. The first-order valence-electron chi connectivity index (χ1n) is 7.23. The number of allylic oxidation sites excluding steroid dienone is 2. The summed E-state index contributed by atoms with van der Waals surface area (Å²) in [6.45, 7) is 3.76. The van der Waals surface area contributed by atoms with Crippen molar-refractivity contribution in [1.82, 2.24) is 0 Å². The van der Waals surface area contributed by atoms with Gasteiger partial charge in [-0.05, 0) is 32.8 Å². The Hall–Kier alpha value is -2.70. The number of non-ortho nitro benzene ring substituents is 1. The lowest BCUT2D eigenvalue weighted by atomic mass is 9.76. The number of carboxylic acids is 1. The number of hydrogen-bond acceptors (Lipinski definition) is 4. The highest BCUT2D eigenvalue weighted by Gasteiger charge is 2.37. The number of nitrogens with zero attached hydrogens (tertiary/aromatic N) is 1. The van der Waals surface area contributed by atoms with Crippen LogP contribution in [0.3, 0.4) is 0 Å². The fraction of sp³-hybridized carbons (Fsp3) is 0.375. The van der Waals surface area contributed by atoms with Gasteiger partial charge in [-0.3, -0.25) is 19.7 Å². The van der Waals surface area contributed by atoms with E-state index in [0.717, 1.165) is 11.1 Å². The molecular formula is C16H18N2O5. The van der Waals surface area contributed by atoms with Crippen LogP contribution in [0.15, 0.2) is 35.4 Å². The van der Waals surface area contributed by atoms with Crippen LogP contribution in [-0.2, 0) is 9.59 Å². The second-order valence-corrected chi connectivity index (χ2v) is 5.82. The van der Waals surface area contributed by atoms with Gasteiger partial charge in [0.05, 0.1) is 16.8 Å². The van der Waals surface area contributed by atoms with E-state index in [9.17, 15) is 24.8 Å². The van der Waals surface area contributed by atoms with Crippen molar-refractivity contribution in [3.8, 4) is 0 Å². The van der Waals surface area contributed by atoms with Crippen LogP contribution in [0.25, 0.3) is 0 Å². The Bertz CT molecular complexity index is 695. The van der Waals surface area contributed by atoms with Crippen LogP contribution in [0.4, 0.5) is 11.4 Å². The van der Waals surface area contributed by atoms with Gasteiger partial charge in [0.2, 0.25) is 5.91 Å². The van der Waals surface area contributed by atoms with E-state index in [-0.39, 0.29) is 11.4 Å². The Labute approximate surface area is 133 Å². The van der Waals surface area contributed by atoms with Crippen molar-refractivity contribution < 1.29 is 19.6 Å². The van der Waals surface area contributed by atoms with E-state index in [1.54, 1.807) is 0 Å². The molecule has 1 aromatic carbocycles. The minimum atomic E-state index is -1.00. The number of nitrogens with one attached hydrogen (secondary N) is 1. The normalized spacial score (nSPS) is 21.0. The molecule has 23 heavy (non-hydrogen) atoms. The van der Waals surface area contributed by atoms with E-state index < -0.39 is 28.6 Å². The highest BCUT2D eigenvalue weighted by atomic mass is 16.6. The molecule has 0 radical (unpaired) electrons. The topological polar surface area (TPSA) is 110 Å². The molecule has 0 saturated heterocycles. The van der Waals surface area contributed by atoms with Crippen molar-refractivity contribution in [3.05, 3.63) is 45.5 Å². The standard InChI is InChI=1S/C16H18N2O5/c1-9-6-13(14(16(20)21)7-10(9)2)15(19)17-11-4-3-5-12(8-11)18(22)23/h3-5,8,13-14H,6-7H2,1-2H3,(H,17,19)(H,20,21). The zero-order chi connectivity index (χ0) is 17.1. The van der Waals surface area contributed by atoms with Crippen LogP contribution in [0.5, 0.6) is 0 Å². The Kier molecular flexibility index (Phi) is 4.78. The predicted molar refractivity (Wildman–Crippen MR) is 83.9 cm³/mol. The number of hydrogen-bond donors (Lipinski definition) is 2. The summed E-state index contributed by atoms with van der Waals surface area (Å²) in [5.41, 5.74) is 2.17. The number of nitro groups is 1. The third-order valence-electron chi connectivity index (χ3n) is 4.24. The van der Waals surface area contributed by atoms with Gasteiger partial charge < -0.3 is 10.4 Å². The van der Waals surface area contributed by atoms with E-state index in [1.165, 1.54) is 24.3 Å². The van der Waals surface area contributed by atoms with Gasteiger partial charge >= 0.3 is 5.97 Å². The molecule has 1 aliphatic carbocycles. The largest absolute Gasteiger partial charge is 0.481 e. The van der Waals surface area contributed by atoms with Gasteiger partial charge in [0, 0.05) is 17.8 Å². The summed E-state index contributed by atoms with van der Waals surface area (Å²) in [4.78, 5) is 34.1. The summed E-state index contributed by atoms with van der Waals surface area (Å²) in [5, 5.41) is 22.7. The number of benzene rings is 1. The van der Waals surface area contributed by atoms with E-state index >= 15 is 0 Å². The number of amides is 1. The van der Waals surface area contributed by atoms with Gasteiger partial charge in [-0.25, -0.2) is 0 Å². The van der Waals surface area contributed by atoms with Crippen molar-refractivity contribution in [2.75, 3.05) is 5.32 Å². The zero-order valence-corrected chi connectivity index (χ0v) is 12.9. The highest BCUT2D eigenvalue weighted by Crippen LogP contribution is 2.35. The maximum atomic E-state index is 12.4. The second kappa shape index (κ2) is 6.60. The Morgan fingerprint density at radius 3 is 2.39 bits per heavy atom. The molecule has 1 aromatic rings. The lowest BCUT2D eigenvalue weighted by Gasteiger charge is -2.29. The van der Waals surface area contributed by atoms with Gasteiger partial charge in [0.25, 0.3) is 5.69 Å². The molecule has 122 valence electrons. The molecule has 2 rings (SSSR count). The van der Waals surface area contributed by atoms with Gasteiger partial charge in [0.1, 0.15) is 0 Å². The Morgan fingerprint density at radius 1 is 1.22 bits per heavy atom. The minimum absolute atomic E-state index is 0.131. The molecular weight excluding hydrogens is 300 g/mol. The average Bonchev–Trinajstić information content (AvgIpc) is 2.49. The molecule has 1 aliphatic rings. The highest BCUT2D eigenvalue weighted by molar-refractivity contribution is 5.95. The predicted octanol–water partition coefficient (Wildman–Crippen LogP) is 2.98. The van der Waals surface area contributed by atoms with Crippen LogP contribution >= 0.6 is 0 Å². The van der Waals surface area contributed by atoms with Gasteiger partial charge in [-0.15, -0.1) is 0 Å². The van der Waals surface area contributed by atoms with Gasteiger partial charge in [-0.2, -0.15) is 0 Å². The van der Waals surface area contributed by atoms with Crippen molar-refractivity contribution in [2.24, 2.45) is 11.8 Å². The summed E-state index contributed by atoms with van der Waals surface area (Å²) >= 11 is 0. The summed E-state index contributed by atoms with van der Waals surface area (Å²) in [7, 11) is 0. The van der Waals surface area contributed by atoms with Crippen LogP contribution in [-0.4, -0.2) is 21.9 Å². The first-order chi connectivity index (χ1) is 10.8. The lowest BCUT2D eigenvalue weighted by Crippen LogP contribution is -2.36. The lowest BCUT2D eigenvalue weighted by molar-refractivity contribution is -0.384. The molecule has 0 heterocycles. The number of carboxylic acid groups (broad SMARTS) is 1. The maximum Gasteiger partial charge on any atom is 0.307 e. The molecule has 0 fully saturated rings. The molecule has 0 bridgehead atoms. The average molecular weight is 318 g/mol. The fourth-order valence-electron chi connectivity index (χ4n) is 2.76. The van der Waals surface area contributed by atoms with Crippen molar-refractivity contribution in [2.45, 2.75) is 26.7 Å². The SMILES string of the molecule is CC1=C(C)CC(C(=O)Nc2cccc([N+](=O)[O-])c2)C(C(=O)O)C1. The number of carbonyl (C=O) groups is 2.